The number of rotatable bonds is 4. The van der Waals surface area contributed by atoms with E-state index >= 15 is 0 Å². The lowest BCUT2D eigenvalue weighted by molar-refractivity contribution is 0.0690. The van der Waals surface area contributed by atoms with E-state index in [4.69, 9.17) is 16.2 Å². The number of nitrogens with two attached hydrogens (primary N) is 1. The molecule has 11 heteroatoms. The van der Waals surface area contributed by atoms with E-state index < -0.39 is 11.5 Å². The number of H-pyrrole nitrogens is 2. The van der Waals surface area contributed by atoms with Gasteiger partial charge < -0.3 is 31.5 Å². The third kappa shape index (κ3) is 2.50. The van der Waals surface area contributed by atoms with E-state index in [0.29, 0.717) is 10.9 Å². The molecule has 0 amide bonds. The van der Waals surface area contributed by atoms with Crippen molar-refractivity contribution in [1.82, 2.24) is 19.9 Å². The second-order valence-corrected chi connectivity index (χ2v) is 5.51. The van der Waals surface area contributed by atoms with E-state index in [2.05, 4.69) is 41.2 Å². The van der Waals surface area contributed by atoms with Gasteiger partial charge >= 0.3 is 5.97 Å². The van der Waals surface area contributed by atoms with E-state index in [1.807, 2.05) is 0 Å². The number of carboxylic acids is 1. The highest BCUT2D eigenvalue weighted by Gasteiger charge is 2.19. The molecule has 24 heavy (non-hydrogen) atoms. The largest absolute Gasteiger partial charge is 0.477 e. The van der Waals surface area contributed by atoms with E-state index in [9.17, 15) is 9.59 Å². The number of nitrogens with zero attached hydrogens (tertiary/aromatic N) is 2. The van der Waals surface area contributed by atoms with Crippen LogP contribution >= 0.6 is 15.9 Å². The van der Waals surface area contributed by atoms with Crippen LogP contribution < -0.4 is 16.6 Å². The van der Waals surface area contributed by atoms with Gasteiger partial charge in [0, 0.05) is 11.8 Å². The number of hydrogen-bond acceptors (Lipinski definition) is 7. The molecule has 122 valence electrons. The van der Waals surface area contributed by atoms with Crippen molar-refractivity contribution in [1.29, 1.82) is 5.41 Å². The number of carboxylic acid groups (broad SMARTS) is 1. The zero-order valence-corrected chi connectivity index (χ0v) is 13.4. The van der Waals surface area contributed by atoms with Crippen molar-refractivity contribution in [3.8, 4) is 0 Å². The molecule has 0 aromatic carbocycles. The van der Waals surface area contributed by atoms with Crippen LogP contribution in [-0.2, 0) is 0 Å². The summed E-state index contributed by atoms with van der Waals surface area (Å²) in [6.07, 6.45) is 2.23. The minimum Gasteiger partial charge on any atom is -0.477 e. The average Bonchev–Trinajstić information content (AvgIpc) is 2.88. The third-order valence-corrected chi connectivity index (χ3v) is 4.05. The monoisotopic (exact) mass is 391 g/mol. The van der Waals surface area contributed by atoms with Crippen molar-refractivity contribution in [2.24, 2.45) is 0 Å². The Balaban J connectivity index is 2.16. The van der Waals surface area contributed by atoms with E-state index in [-0.39, 0.29) is 33.1 Å². The Morgan fingerprint density at radius 1 is 1.42 bits per heavy atom. The molecule has 3 heterocycles. The summed E-state index contributed by atoms with van der Waals surface area (Å²) in [5.74, 6) is -0.867. The number of halogens is 1. The summed E-state index contributed by atoms with van der Waals surface area (Å²) in [4.78, 5) is 36.3. The quantitative estimate of drug-likeness (QED) is 0.364. The minimum atomic E-state index is -1.16. The van der Waals surface area contributed by atoms with Crippen LogP contribution in [0, 0.1) is 5.41 Å². The van der Waals surface area contributed by atoms with Gasteiger partial charge in [0.15, 0.2) is 0 Å². The number of nitrogen functional groups attached to an aromatic ring is 1. The Labute approximate surface area is 141 Å². The maximum atomic E-state index is 12.0. The molecule has 3 aromatic heterocycles. The molecule has 0 saturated heterocycles. The van der Waals surface area contributed by atoms with E-state index in [0.717, 1.165) is 6.21 Å². The summed E-state index contributed by atoms with van der Waals surface area (Å²) in [5, 5.41) is 19.6. The Kier molecular flexibility index (Phi) is 3.77. The first kappa shape index (κ1) is 15.7. The number of pyridine rings is 1. The standard InChI is InChI=1S/C13H10BrN7O3/c14-7-6-10(17-3-18-11(6)20-8(7)13(23)24)19-5-1-4(2-15)9(16)21-12(5)22/h1-3,15H,(H,23,24)(H3,16,21,22)(H2,17,18,19,20). The average molecular weight is 392 g/mol. The van der Waals surface area contributed by atoms with Crippen LogP contribution in [0.5, 0.6) is 0 Å². The molecule has 0 aliphatic heterocycles. The molecule has 0 radical (unpaired) electrons. The van der Waals surface area contributed by atoms with Gasteiger partial charge in [-0.2, -0.15) is 0 Å². The molecule has 0 aliphatic carbocycles. The van der Waals surface area contributed by atoms with Gasteiger partial charge in [0.1, 0.15) is 35.0 Å². The van der Waals surface area contributed by atoms with Crippen LogP contribution in [-0.4, -0.2) is 37.2 Å². The molecule has 0 unspecified atom stereocenters. The molecule has 0 atom stereocenters. The molecule has 3 aromatic rings. The number of aromatic carboxylic acids is 1. The van der Waals surface area contributed by atoms with Crippen LogP contribution in [0.4, 0.5) is 17.3 Å². The zero-order chi connectivity index (χ0) is 17.4. The van der Waals surface area contributed by atoms with Crippen molar-refractivity contribution in [3.63, 3.8) is 0 Å². The molecule has 0 bridgehead atoms. The van der Waals surface area contributed by atoms with Gasteiger partial charge in [-0.1, -0.05) is 0 Å². The number of fused-ring (bicyclic) bond motifs is 1. The Morgan fingerprint density at radius 2 is 2.17 bits per heavy atom. The number of hydrogen-bond donors (Lipinski definition) is 6. The van der Waals surface area contributed by atoms with Crippen molar-refractivity contribution in [3.05, 3.63) is 38.5 Å². The maximum absolute atomic E-state index is 12.0. The van der Waals surface area contributed by atoms with Gasteiger partial charge in [0.2, 0.25) is 0 Å². The normalized spacial score (nSPS) is 10.7. The predicted molar refractivity (Wildman–Crippen MR) is 91.2 cm³/mol. The first-order valence-electron chi connectivity index (χ1n) is 6.48. The maximum Gasteiger partial charge on any atom is 0.353 e. The molecule has 10 nitrogen and oxygen atoms in total. The van der Waals surface area contributed by atoms with Gasteiger partial charge in [-0.05, 0) is 22.0 Å². The Morgan fingerprint density at radius 3 is 2.83 bits per heavy atom. The molecule has 0 spiro atoms. The van der Waals surface area contributed by atoms with Crippen molar-refractivity contribution in [2.45, 2.75) is 0 Å². The fourth-order valence-electron chi connectivity index (χ4n) is 2.13. The second kappa shape index (κ2) is 5.77. The lowest BCUT2D eigenvalue weighted by atomic mass is 10.2. The topological polar surface area (TPSA) is 174 Å². The number of carbonyl (C=O) groups is 1. The molecule has 7 N–H and O–H groups in total. The lowest BCUT2D eigenvalue weighted by Crippen LogP contribution is -2.15. The number of aromatic nitrogens is 4. The third-order valence-electron chi connectivity index (χ3n) is 3.26. The predicted octanol–water partition coefficient (Wildman–Crippen LogP) is 1.43. The molecule has 0 fully saturated rings. The number of nitrogens with one attached hydrogen (secondary N) is 4. The van der Waals surface area contributed by atoms with Crippen molar-refractivity contribution >= 4 is 56.5 Å². The minimum absolute atomic E-state index is 0.0735. The smallest absolute Gasteiger partial charge is 0.353 e. The first-order chi connectivity index (χ1) is 11.4. The molecule has 0 aliphatic rings. The summed E-state index contributed by atoms with van der Waals surface area (Å²) in [6.45, 7) is 0. The van der Waals surface area contributed by atoms with Gasteiger partial charge in [-0.25, -0.2) is 14.8 Å². The first-order valence-corrected chi connectivity index (χ1v) is 7.27. The van der Waals surface area contributed by atoms with Gasteiger partial charge in [0.05, 0.1) is 9.86 Å². The highest BCUT2D eigenvalue weighted by molar-refractivity contribution is 9.10. The Bertz CT molecular complexity index is 1040. The summed E-state index contributed by atoms with van der Waals surface area (Å²) in [5.41, 5.74) is 5.73. The number of aromatic amines is 2. The van der Waals surface area contributed by atoms with Gasteiger partial charge in [-0.3, -0.25) is 4.79 Å². The second-order valence-electron chi connectivity index (χ2n) is 4.72. The highest BCUT2D eigenvalue weighted by atomic mass is 79.9. The van der Waals surface area contributed by atoms with Crippen molar-refractivity contribution in [2.75, 3.05) is 11.1 Å². The SMILES string of the molecule is N=Cc1cc(Nc2ncnc3[nH]c(C(=O)O)c(Br)c23)c(=O)[nH]c1N. The molecule has 3 rings (SSSR count). The summed E-state index contributed by atoms with van der Waals surface area (Å²) < 4.78 is 0.257. The van der Waals surface area contributed by atoms with Crippen LogP contribution in [0.3, 0.4) is 0 Å². The highest BCUT2D eigenvalue weighted by Crippen LogP contribution is 2.32. The summed E-state index contributed by atoms with van der Waals surface area (Å²) >= 11 is 3.20. The van der Waals surface area contributed by atoms with Crippen LogP contribution in [0.15, 0.2) is 21.7 Å². The number of anilines is 3. The Hall–Kier alpha value is -3.21. The zero-order valence-electron chi connectivity index (χ0n) is 11.8. The molecular formula is C13H10BrN7O3. The van der Waals surface area contributed by atoms with Crippen LogP contribution in [0.1, 0.15) is 16.1 Å². The van der Waals surface area contributed by atoms with Gasteiger partial charge in [0.25, 0.3) is 5.56 Å². The summed E-state index contributed by atoms with van der Waals surface area (Å²) in [7, 11) is 0. The molecule has 0 saturated carbocycles. The molecular weight excluding hydrogens is 382 g/mol. The van der Waals surface area contributed by atoms with Crippen LogP contribution in [0.25, 0.3) is 11.0 Å². The van der Waals surface area contributed by atoms with Crippen molar-refractivity contribution < 1.29 is 9.90 Å². The van der Waals surface area contributed by atoms with Gasteiger partial charge in [-0.15, -0.1) is 0 Å². The van der Waals surface area contributed by atoms with Crippen LogP contribution in [0.2, 0.25) is 0 Å². The van der Waals surface area contributed by atoms with E-state index in [1.165, 1.54) is 12.4 Å². The summed E-state index contributed by atoms with van der Waals surface area (Å²) in [6, 6.07) is 1.40. The lowest BCUT2D eigenvalue weighted by Gasteiger charge is -2.08. The van der Waals surface area contributed by atoms with E-state index in [1.54, 1.807) is 0 Å². The fourth-order valence-corrected chi connectivity index (χ4v) is 2.77. The fraction of sp³-hybridized carbons (Fsp3) is 0.